The average molecular weight is 497 g/mol. The Balaban J connectivity index is 1.55. The summed E-state index contributed by atoms with van der Waals surface area (Å²) in [5.74, 6) is -0.216. The van der Waals surface area contributed by atoms with Gasteiger partial charge in [-0.15, -0.1) is 10.2 Å². The maximum Gasteiger partial charge on any atom is 0.283 e. The van der Waals surface area contributed by atoms with E-state index in [1.54, 1.807) is 24.3 Å². The molecule has 5 rings (SSSR count). The highest BCUT2D eigenvalue weighted by atomic mass is 35.5. The third-order valence-corrected chi connectivity index (χ3v) is 7.07. The van der Waals surface area contributed by atoms with Crippen LogP contribution in [0.2, 0.25) is 5.02 Å². The Morgan fingerprint density at radius 1 is 1.21 bits per heavy atom. The SMILES string of the molecule is CCc1nnc(NC(=O)CSc2nc3c([nH]c4ccccc43)c(=O)n2-c2cccc(Cl)c2)s1. The highest BCUT2D eigenvalue weighted by molar-refractivity contribution is 7.99. The number of aromatic nitrogens is 5. The smallest absolute Gasteiger partial charge is 0.283 e. The van der Waals surface area contributed by atoms with Gasteiger partial charge >= 0.3 is 0 Å². The summed E-state index contributed by atoms with van der Waals surface area (Å²) >= 11 is 8.69. The lowest BCUT2D eigenvalue weighted by atomic mass is 10.2. The van der Waals surface area contributed by atoms with Gasteiger partial charge in [0.2, 0.25) is 11.0 Å². The fourth-order valence-electron chi connectivity index (χ4n) is 3.41. The monoisotopic (exact) mass is 496 g/mol. The topological polar surface area (TPSA) is 106 Å². The number of aryl methyl sites for hydroxylation is 1. The number of fused-ring (bicyclic) bond motifs is 3. The summed E-state index contributed by atoms with van der Waals surface area (Å²) in [6, 6.07) is 14.6. The van der Waals surface area contributed by atoms with Crippen molar-refractivity contribution < 1.29 is 4.79 Å². The summed E-state index contributed by atoms with van der Waals surface area (Å²) in [6.45, 7) is 1.98. The fourth-order valence-corrected chi connectivity index (χ4v) is 5.10. The molecule has 0 aliphatic carbocycles. The van der Waals surface area contributed by atoms with Crippen molar-refractivity contribution in [2.75, 3.05) is 11.1 Å². The standard InChI is InChI=1S/C22H17ClN6O2S2/c1-2-17-27-28-21(33-17)25-16(30)11-32-22-26-18-14-8-3-4-9-15(14)24-19(18)20(31)29(22)13-7-5-6-12(23)10-13/h3-10,24H,2,11H2,1H3,(H,25,28,30). The van der Waals surface area contributed by atoms with Crippen molar-refractivity contribution in [1.82, 2.24) is 24.7 Å². The molecule has 0 saturated carbocycles. The zero-order valence-electron chi connectivity index (χ0n) is 17.3. The van der Waals surface area contributed by atoms with Gasteiger partial charge in [0.05, 0.1) is 11.4 Å². The number of rotatable bonds is 6. The molecular formula is C22H17ClN6O2S2. The molecule has 0 saturated heterocycles. The first kappa shape index (κ1) is 21.6. The van der Waals surface area contributed by atoms with Gasteiger partial charge in [-0.05, 0) is 30.7 Å². The number of hydrogen-bond acceptors (Lipinski definition) is 7. The van der Waals surface area contributed by atoms with Crippen LogP contribution in [0.3, 0.4) is 0 Å². The molecular weight excluding hydrogens is 480 g/mol. The van der Waals surface area contributed by atoms with Gasteiger partial charge in [-0.1, -0.05) is 65.9 Å². The first-order valence-electron chi connectivity index (χ1n) is 10.1. The quantitative estimate of drug-likeness (QED) is 0.261. The number of benzene rings is 2. The summed E-state index contributed by atoms with van der Waals surface area (Å²) in [6.07, 6.45) is 0.753. The molecule has 0 aliphatic rings. The second-order valence-corrected chi connectivity index (χ2v) is 9.54. The number of carbonyl (C=O) groups excluding carboxylic acids is 1. The van der Waals surface area contributed by atoms with E-state index in [2.05, 4.69) is 20.5 Å². The molecule has 166 valence electrons. The van der Waals surface area contributed by atoms with E-state index in [1.165, 1.54) is 27.7 Å². The van der Waals surface area contributed by atoms with Gasteiger partial charge < -0.3 is 4.98 Å². The first-order chi connectivity index (χ1) is 16.0. The maximum atomic E-state index is 13.5. The number of halogens is 1. The minimum atomic E-state index is -0.266. The number of H-pyrrole nitrogens is 1. The molecule has 0 fully saturated rings. The van der Waals surface area contributed by atoms with E-state index >= 15 is 0 Å². The lowest BCUT2D eigenvalue weighted by Crippen LogP contribution is -2.23. The van der Waals surface area contributed by atoms with Gasteiger partial charge in [0, 0.05) is 15.9 Å². The van der Waals surface area contributed by atoms with Crippen LogP contribution in [0.25, 0.3) is 27.6 Å². The summed E-state index contributed by atoms with van der Waals surface area (Å²) in [5, 5.41) is 13.8. The maximum absolute atomic E-state index is 13.5. The van der Waals surface area contributed by atoms with Crippen LogP contribution >= 0.6 is 34.7 Å². The summed E-state index contributed by atoms with van der Waals surface area (Å²) < 4.78 is 1.47. The lowest BCUT2D eigenvalue weighted by Gasteiger charge is -2.12. The first-order valence-corrected chi connectivity index (χ1v) is 12.3. The molecule has 0 radical (unpaired) electrons. The van der Waals surface area contributed by atoms with E-state index in [4.69, 9.17) is 16.6 Å². The summed E-state index contributed by atoms with van der Waals surface area (Å²) in [5.41, 5.74) is 2.08. The zero-order valence-corrected chi connectivity index (χ0v) is 19.7. The van der Waals surface area contributed by atoms with Gasteiger partial charge in [-0.2, -0.15) is 0 Å². The molecule has 8 nitrogen and oxygen atoms in total. The Morgan fingerprint density at radius 3 is 2.85 bits per heavy atom. The van der Waals surface area contributed by atoms with Crippen molar-refractivity contribution in [3.05, 3.63) is 68.9 Å². The molecule has 3 heterocycles. The normalized spacial score (nSPS) is 11.3. The lowest BCUT2D eigenvalue weighted by molar-refractivity contribution is -0.113. The number of carbonyl (C=O) groups is 1. The number of para-hydroxylation sites is 1. The van der Waals surface area contributed by atoms with E-state index in [0.29, 0.717) is 32.0 Å². The van der Waals surface area contributed by atoms with Crippen LogP contribution < -0.4 is 10.9 Å². The molecule has 2 N–H and O–H groups in total. The Hall–Kier alpha value is -3.21. The van der Waals surface area contributed by atoms with E-state index < -0.39 is 0 Å². The highest BCUT2D eigenvalue weighted by Gasteiger charge is 2.18. The summed E-state index contributed by atoms with van der Waals surface area (Å²) in [7, 11) is 0. The van der Waals surface area contributed by atoms with Crippen LogP contribution in [-0.2, 0) is 11.2 Å². The van der Waals surface area contributed by atoms with Crippen molar-refractivity contribution in [2.24, 2.45) is 0 Å². The molecule has 0 aliphatic heterocycles. The van der Waals surface area contributed by atoms with E-state index in [0.717, 1.165) is 22.3 Å². The number of hydrogen-bond donors (Lipinski definition) is 2. The van der Waals surface area contributed by atoms with Crippen molar-refractivity contribution in [3.8, 4) is 5.69 Å². The number of thioether (sulfide) groups is 1. The second-order valence-electron chi connectivity index (χ2n) is 7.10. The third-order valence-electron chi connectivity index (χ3n) is 4.91. The van der Waals surface area contributed by atoms with E-state index in [9.17, 15) is 9.59 Å². The Morgan fingerprint density at radius 2 is 2.06 bits per heavy atom. The second kappa shape index (κ2) is 8.97. The number of nitrogens with zero attached hydrogens (tertiary/aromatic N) is 4. The van der Waals surface area contributed by atoms with Gasteiger partial charge in [-0.25, -0.2) is 4.98 Å². The molecule has 0 atom stereocenters. The molecule has 1 amide bonds. The molecule has 5 aromatic rings. The van der Waals surface area contributed by atoms with Gasteiger partial charge in [0.1, 0.15) is 16.0 Å². The van der Waals surface area contributed by atoms with Crippen LogP contribution in [0.5, 0.6) is 0 Å². The Labute approximate surface area is 201 Å². The van der Waals surface area contributed by atoms with Crippen molar-refractivity contribution >= 4 is 67.7 Å². The van der Waals surface area contributed by atoms with Crippen molar-refractivity contribution in [1.29, 1.82) is 0 Å². The zero-order chi connectivity index (χ0) is 22.9. The number of amides is 1. The fraction of sp³-hybridized carbons (Fsp3) is 0.136. The van der Waals surface area contributed by atoms with Crippen LogP contribution in [0.4, 0.5) is 5.13 Å². The molecule has 0 spiro atoms. The Kier molecular flexibility index (Phi) is 5.88. The summed E-state index contributed by atoms with van der Waals surface area (Å²) in [4.78, 5) is 34.0. The largest absolute Gasteiger partial charge is 0.349 e. The number of aromatic amines is 1. The minimum absolute atomic E-state index is 0.0436. The molecule has 2 aromatic carbocycles. The van der Waals surface area contributed by atoms with Crippen LogP contribution in [-0.4, -0.2) is 36.4 Å². The van der Waals surface area contributed by atoms with Gasteiger partial charge in [0.25, 0.3) is 5.56 Å². The van der Waals surface area contributed by atoms with E-state index in [1.807, 2.05) is 31.2 Å². The number of nitrogens with one attached hydrogen (secondary N) is 2. The van der Waals surface area contributed by atoms with Crippen molar-refractivity contribution in [2.45, 2.75) is 18.5 Å². The molecule has 3 aromatic heterocycles. The molecule has 33 heavy (non-hydrogen) atoms. The Bertz CT molecular complexity index is 1560. The van der Waals surface area contributed by atoms with E-state index in [-0.39, 0.29) is 17.2 Å². The number of anilines is 1. The predicted octanol–water partition coefficient (Wildman–Crippen LogP) is 4.67. The molecule has 0 unspecified atom stereocenters. The highest BCUT2D eigenvalue weighted by Crippen LogP contribution is 2.27. The minimum Gasteiger partial charge on any atom is -0.349 e. The molecule has 11 heteroatoms. The van der Waals surface area contributed by atoms with Crippen LogP contribution in [0, 0.1) is 0 Å². The van der Waals surface area contributed by atoms with Gasteiger partial charge in [-0.3, -0.25) is 19.5 Å². The average Bonchev–Trinajstić information content (AvgIpc) is 3.42. The van der Waals surface area contributed by atoms with Crippen LogP contribution in [0.15, 0.2) is 58.5 Å². The van der Waals surface area contributed by atoms with Gasteiger partial charge in [0.15, 0.2) is 5.16 Å². The van der Waals surface area contributed by atoms with Crippen LogP contribution in [0.1, 0.15) is 11.9 Å². The predicted molar refractivity (Wildman–Crippen MR) is 133 cm³/mol. The van der Waals surface area contributed by atoms with Crippen molar-refractivity contribution in [3.63, 3.8) is 0 Å². The molecule has 0 bridgehead atoms. The third kappa shape index (κ3) is 4.24.